The third-order valence-corrected chi connectivity index (χ3v) is 4.88. The Bertz CT molecular complexity index is 652. The fourth-order valence-electron chi connectivity index (χ4n) is 3.13. The first-order valence-electron chi connectivity index (χ1n) is 11.5. The fourth-order valence-corrected chi connectivity index (χ4v) is 3.13. The lowest BCUT2D eigenvalue weighted by molar-refractivity contribution is -0.198. The fraction of sp³-hybridized carbons (Fsp3) is 0.727. The van der Waals surface area contributed by atoms with Gasteiger partial charge < -0.3 is 29.1 Å². The van der Waals surface area contributed by atoms with Crippen molar-refractivity contribution in [3.05, 3.63) is 12.2 Å². The van der Waals surface area contributed by atoms with Crippen molar-refractivity contribution in [1.82, 2.24) is 10.4 Å². The number of hydroxylamine groups is 2. The first-order valence-corrected chi connectivity index (χ1v) is 11.5. The van der Waals surface area contributed by atoms with E-state index in [1.54, 1.807) is 0 Å². The number of allylic oxidation sites excluding steroid dienone is 1. The summed E-state index contributed by atoms with van der Waals surface area (Å²) in [6, 6.07) is 0. The van der Waals surface area contributed by atoms with E-state index in [0.29, 0.717) is 38.0 Å². The summed E-state index contributed by atoms with van der Waals surface area (Å²) in [5, 5.41) is 3.18. The molecular weight excluding hydrogens is 436 g/mol. The van der Waals surface area contributed by atoms with Gasteiger partial charge in [0.05, 0.1) is 46.1 Å². The van der Waals surface area contributed by atoms with Crippen LogP contribution in [-0.2, 0) is 38.2 Å². The molecule has 1 atom stereocenters. The van der Waals surface area contributed by atoms with Crippen molar-refractivity contribution in [2.75, 3.05) is 46.2 Å². The number of imide groups is 1. The van der Waals surface area contributed by atoms with Gasteiger partial charge in [0.15, 0.2) is 0 Å². The van der Waals surface area contributed by atoms with E-state index in [4.69, 9.17) is 23.8 Å². The summed E-state index contributed by atoms with van der Waals surface area (Å²) < 4.78 is 21.4. The van der Waals surface area contributed by atoms with Crippen molar-refractivity contribution < 1.29 is 43.0 Å². The number of alkyl carbamates (subject to hydrolysis) is 1. The van der Waals surface area contributed by atoms with Crippen molar-refractivity contribution in [2.24, 2.45) is 0 Å². The van der Waals surface area contributed by atoms with Crippen LogP contribution in [0.4, 0.5) is 4.79 Å². The molecule has 2 rings (SSSR count). The zero-order valence-electron chi connectivity index (χ0n) is 19.0. The molecular formula is C22H34N2O9. The minimum atomic E-state index is -0.702. The molecule has 0 spiro atoms. The van der Waals surface area contributed by atoms with E-state index in [0.717, 1.165) is 25.7 Å². The minimum absolute atomic E-state index is 0.0605. The van der Waals surface area contributed by atoms with Gasteiger partial charge in [0.1, 0.15) is 6.10 Å². The normalized spacial score (nSPS) is 19.6. The number of carbonyl (C=O) groups is 4. The molecule has 1 fully saturated rings. The number of hydrogen-bond donors (Lipinski definition) is 1. The van der Waals surface area contributed by atoms with Crippen molar-refractivity contribution in [3.63, 3.8) is 0 Å². The van der Waals surface area contributed by atoms with Crippen molar-refractivity contribution in [1.29, 1.82) is 0 Å². The first kappa shape index (κ1) is 26.7. The second-order valence-electron chi connectivity index (χ2n) is 7.57. The lowest BCUT2D eigenvalue weighted by atomic mass is 10.0. The van der Waals surface area contributed by atoms with Crippen LogP contribution >= 0.6 is 0 Å². The second kappa shape index (κ2) is 16.2. The molecule has 0 aromatic carbocycles. The van der Waals surface area contributed by atoms with E-state index in [2.05, 4.69) is 11.4 Å². The molecule has 3 amide bonds. The predicted molar refractivity (Wildman–Crippen MR) is 115 cm³/mol. The number of hydrogen-bond acceptors (Lipinski definition) is 9. The molecule has 11 nitrogen and oxygen atoms in total. The molecule has 1 aliphatic carbocycles. The molecule has 11 heteroatoms. The lowest BCUT2D eigenvalue weighted by Gasteiger charge is -2.16. The maximum absolute atomic E-state index is 11.8. The summed E-state index contributed by atoms with van der Waals surface area (Å²) in [4.78, 5) is 50.8. The molecule has 0 radical (unpaired) electrons. The smallest absolute Gasteiger partial charge is 0.407 e. The summed E-state index contributed by atoms with van der Waals surface area (Å²) in [6.07, 6.45) is 8.77. The molecule has 33 heavy (non-hydrogen) atoms. The number of carbonyl (C=O) groups excluding carboxylic acids is 4. The van der Waals surface area contributed by atoms with Gasteiger partial charge in [0.2, 0.25) is 0 Å². The molecule has 0 aromatic rings. The van der Waals surface area contributed by atoms with E-state index < -0.39 is 23.9 Å². The quantitative estimate of drug-likeness (QED) is 0.229. The topological polar surface area (TPSA) is 130 Å². The number of nitrogens with one attached hydrogen (secondary N) is 1. The van der Waals surface area contributed by atoms with Crippen LogP contribution in [0, 0.1) is 0 Å². The molecule has 1 saturated heterocycles. The minimum Gasteiger partial charge on any atom is -0.442 e. The molecule has 1 heterocycles. The van der Waals surface area contributed by atoms with Gasteiger partial charge in [0, 0.05) is 19.4 Å². The monoisotopic (exact) mass is 470 g/mol. The van der Waals surface area contributed by atoms with Gasteiger partial charge in [-0.25, -0.2) is 9.59 Å². The Labute approximate surface area is 193 Å². The van der Waals surface area contributed by atoms with Gasteiger partial charge >= 0.3 is 12.1 Å². The highest BCUT2D eigenvalue weighted by Gasteiger charge is 2.32. The predicted octanol–water partition coefficient (Wildman–Crippen LogP) is 1.65. The highest BCUT2D eigenvalue weighted by Crippen LogP contribution is 2.14. The summed E-state index contributed by atoms with van der Waals surface area (Å²) in [5.74, 6) is -1.72. The van der Waals surface area contributed by atoms with Crippen molar-refractivity contribution >= 4 is 23.9 Å². The Kier molecular flexibility index (Phi) is 13.1. The van der Waals surface area contributed by atoms with Gasteiger partial charge in [-0.3, -0.25) is 9.59 Å². The van der Waals surface area contributed by atoms with Crippen LogP contribution in [-0.4, -0.2) is 81.2 Å². The Morgan fingerprint density at radius 1 is 0.909 bits per heavy atom. The van der Waals surface area contributed by atoms with Crippen LogP contribution in [0.3, 0.4) is 0 Å². The van der Waals surface area contributed by atoms with Crippen LogP contribution in [0.25, 0.3) is 0 Å². The molecule has 186 valence electrons. The van der Waals surface area contributed by atoms with Crippen LogP contribution in [0.5, 0.6) is 0 Å². The molecule has 2 aliphatic rings. The molecule has 0 bridgehead atoms. The van der Waals surface area contributed by atoms with Crippen LogP contribution in [0.1, 0.15) is 51.4 Å². The highest BCUT2D eigenvalue weighted by atomic mass is 16.7. The summed E-state index contributed by atoms with van der Waals surface area (Å²) >= 11 is 0. The third-order valence-electron chi connectivity index (χ3n) is 4.88. The van der Waals surface area contributed by atoms with Crippen LogP contribution in [0.15, 0.2) is 12.2 Å². The van der Waals surface area contributed by atoms with Gasteiger partial charge in [-0.1, -0.05) is 12.5 Å². The maximum atomic E-state index is 11.8. The van der Waals surface area contributed by atoms with Crippen molar-refractivity contribution in [3.8, 4) is 0 Å². The number of rotatable bonds is 14. The number of amides is 3. The van der Waals surface area contributed by atoms with Gasteiger partial charge in [-0.2, -0.15) is 0 Å². The van der Waals surface area contributed by atoms with Crippen LogP contribution in [0.2, 0.25) is 0 Å². The number of ether oxygens (including phenoxy) is 4. The SMILES string of the molecule is O=C(CCOCCOCCOCCNC(=O)OC1/C=C\CCCCC1)ON1C(=O)CCC1=O. The van der Waals surface area contributed by atoms with E-state index in [1.165, 1.54) is 6.42 Å². The average molecular weight is 471 g/mol. The highest BCUT2D eigenvalue weighted by molar-refractivity contribution is 6.01. The van der Waals surface area contributed by atoms with Gasteiger partial charge in [-0.15, -0.1) is 5.06 Å². The average Bonchev–Trinajstić information content (AvgIpc) is 3.08. The lowest BCUT2D eigenvalue weighted by Crippen LogP contribution is -2.32. The molecule has 0 aromatic heterocycles. The number of nitrogens with zero attached hydrogens (tertiary/aromatic N) is 1. The van der Waals surface area contributed by atoms with Crippen molar-refractivity contribution in [2.45, 2.75) is 57.5 Å². The van der Waals surface area contributed by atoms with E-state index >= 15 is 0 Å². The largest absolute Gasteiger partial charge is 0.442 e. The van der Waals surface area contributed by atoms with Crippen LogP contribution < -0.4 is 5.32 Å². The molecule has 1 N–H and O–H groups in total. The first-order chi connectivity index (χ1) is 16.1. The molecule has 1 aliphatic heterocycles. The van der Waals surface area contributed by atoms with E-state index in [1.807, 2.05) is 6.08 Å². The maximum Gasteiger partial charge on any atom is 0.407 e. The van der Waals surface area contributed by atoms with E-state index in [9.17, 15) is 19.2 Å². The summed E-state index contributed by atoms with van der Waals surface area (Å²) in [7, 11) is 0. The zero-order chi connectivity index (χ0) is 23.7. The Balaban J connectivity index is 1.34. The van der Waals surface area contributed by atoms with Gasteiger partial charge in [-0.05, 0) is 31.8 Å². The summed E-state index contributed by atoms with van der Waals surface area (Å²) in [5.41, 5.74) is 0. The molecule has 1 unspecified atom stereocenters. The Morgan fingerprint density at radius 3 is 2.30 bits per heavy atom. The second-order valence-corrected chi connectivity index (χ2v) is 7.57. The Morgan fingerprint density at radius 2 is 1.58 bits per heavy atom. The third kappa shape index (κ3) is 11.8. The Hall–Kier alpha value is -2.50. The zero-order valence-corrected chi connectivity index (χ0v) is 19.0. The molecule has 0 saturated carbocycles. The summed E-state index contributed by atoms with van der Waals surface area (Å²) in [6.45, 7) is 2.11. The van der Waals surface area contributed by atoms with E-state index in [-0.39, 0.29) is 38.6 Å². The standard InChI is InChI=1S/C22H34N2O9/c25-19-8-9-20(26)24(19)33-21(27)10-12-29-14-16-31-17-15-30-13-11-23-22(28)32-18-6-4-2-1-3-5-7-18/h4,6,18H,1-3,5,7-17H2,(H,23,28)/b6-4-. The van der Waals surface area contributed by atoms with Gasteiger partial charge in [0.25, 0.3) is 11.8 Å².